The number of halogens is 1. The fraction of sp³-hybridized carbons (Fsp3) is 0.167. The number of hydrogen-bond donors (Lipinski definition) is 1. The third-order valence-electron chi connectivity index (χ3n) is 5.41. The van der Waals surface area contributed by atoms with E-state index in [0.29, 0.717) is 10.7 Å². The highest BCUT2D eigenvalue weighted by Gasteiger charge is 2.35. The summed E-state index contributed by atoms with van der Waals surface area (Å²) in [6.07, 6.45) is 3.39. The van der Waals surface area contributed by atoms with E-state index < -0.39 is 11.8 Å². The topological polar surface area (TPSA) is 67.2 Å². The molecule has 4 rings (SSSR count). The second-order valence-electron chi connectivity index (χ2n) is 7.75. The van der Waals surface area contributed by atoms with Gasteiger partial charge in [-0.1, -0.05) is 23.7 Å². The molecule has 0 atom stereocenters. The lowest BCUT2D eigenvalue weighted by atomic mass is 10.1. The van der Waals surface area contributed by atoms with Crippen molar-refractivity contribution in [2.24, 2.45) is 0 Å². The lowest BCUT2D eigenvalue weighted by molar-refractivity contribution is -0.122. The summed E-state index contributed by atoms with van der Waals surface area (Å²) < 4.78 is 1.99. The maximum atomic E-state index is 13.3. The summed E-state index contributed by atoms with van der Waals surface area (Å²) in [6, 6.07) is 11.1. The van der Waals surface area contributed by atoms with Crippen LogP contribution in [0.3, 0.4) is 0 Å². The van der Waals surface area contributed by atoms with Gasteiger partial charge in [-0.2, -0.15) is 0 Å². The number of pyridine rings is 1. The van der Waals surface area contributed by atoms with Crippen molar-refractivity contribution in [2.75, 3.05) is 4.90 Å². The van der Waals surface area contributed by atoms with Gasteiger partial charge in [0.15, 0.2) is 5.11 Å². The van der Waals surface area contributed by atoms with Crippen LogP contribution in [0.2, 0.25) is 5.02 Å². The molecule has 0 spiro atoms. The lowest BCUT2D eigenvalue weighted by Crippen LogP contribution is -2.54. The van der Waals surface area contributed by atoms with Crippen molar-refractivity contribution in [3.8, 4) is 5.82 Å². The number of benzene rings is 1. The number of thiocarbonyl (C=S) groups is 1. The predicted octanol–water partition coefficient (Wildman–Crippen LogP) is 4.59. The normalized spacial score (nSPS) is 15.5. The van der Waals surface area contributed by atoms with Gasteiger partial charge in [0.1, 0.15) is 11.4 Å². The molecule has 0 bridgehead atoms. The van der Waals surface area contributed by atoms with Gasteiger partial charge in [-0.05, 0) is 86.9 Å². The number of rotatable bonds is 3. The summed E-state index contributed by atoms with van der Waals surface area (Å²) >= 11 is 11.5. The van der Waals surface area contributed by atoms with E-state index in [1.807, 2.05) is 50.5 Å². The molecule has 2 aromatic heterocycles. The first-order valence-electron chi connectivity index (χ1n) is 9.97. The number of aryl methyl sites for hydroxylation is 3. The van der Waals surface area contributed by atoms with Crippen LogP contribution in [0.1, 0.15) is 28.1 Å². The number of carbonyl (C=O) groups excluding carboxylic acids is 2. The van der Waals surface area contributed by atoms with Crippen LogP contribution in [0.4, 0.5) is 5.69 Å². The first kappa shape index (κ1) is 21.9. The Balaban J connectivity index is 1.76. The highest BCUT2D eigenvalue weighted by molar-refractivity contribution is 7.80. The van der Waals surface area contributed by atoms with E-state index in [1.165, 1.54) is 4.90 Å². The molecule has 1 aromatic carbocycles. The fourth-order valence-electron chi connectivity index (χ4n) is 3.65. The van der Waals surface area contributed by atoms with Crippen molar-refractivity contribution in [3.05, 3.63) is 81.3 Å². The van der Waals surface area contributed by atoms with Crippen LogP contribution >= 0.6 is 23.8 Å². The van der Waals surface area contributed by atoms with Crippen LogP contribution in [0, 0.1) is 27.7 Å². The molecule has 0 radical (unpaired) electrons. The SMILES string of the molecule is Cc1ccc(-n2c(C)cc(/C=C3\C(=O)NC(=S)N(c4ccc(C)c(Cl)c4)C3=O)c2C)nc1. The number of amides is 2. The Labute approximate surface area is 196 Å². The average Bonchev–Trinajstić information content (AvgIpc) is 3.01. The summed E-state index contributed by atoms with van der Waals surface area (Å²) in [7, 11) is 0. The fourth-order valence-corrected chi connectivity index (χ4v) is 4.10. The summed E-state index contributed by atoms with van der Waals surface area (Å²) in [5, 5.41) is 3.14. The number of nitrogens with zero attached hydrogens (tertiary/aromatic N) is 3. The first-order valence-corrected chi connectivity index (χ1v) is 10.8. The molecule has 32 heavy (non-hydrogen) atoms. The molecule has 6 nitrogen and oxygen atoms in total. The van der Waals surface area contributed by atoms with Gasteiger partial charge in [-0.15, -0.1) is 0 Å². The monoisotopic (exact) mass is 464 g/mol. The highest BCUT2D eigenvalue weighted by atomic mass is 35.5. The molecule has 8 heteroatoms. The highest BCUT2D eigenvalue weighted by Crippen LogP contribution is 2.28. The molecule has 1 saturated heterocycles. The lowest BCUT2D eigenvalue weighted by Gasteiger charge is -2.29. The Morgan fingerprint density at radius 2 is 1.81 bits per heavy atom. The molecule has 3 aromatic rings. The molecule has 1 aliphatic heterocycles. The van der Waals surface area contributed by atoms with E-state index in [1.54, 1.807) is 30.5 Å². The van der Waals surface area contributed by atoms with Crippen molar-refractivity contribution in [1.82, 2.24) is 14.9 Å². The minimum Gasteiger partial charge on any atom is -0.303 e. The van der Waals surface area contributed by atoms with Crippen molar-refractivity contribution in [2.45, 2.75) is 27.7 Å². The Bertz CT molecular complexity index is 1310. The zero-order valence-electron chi connectivity index (χ0n) is 18.1. The van der Waals surface area contributed by atoms with E-state index >= 15 is 0 Å². The minimum atomic E-state index is -0.535. The standard InChI is InChI=1S/C24H21ClN4O2S/c1-13-5-8-21(26-12-13)28-15(3)9-17(16(28)4)10-19-22(30)27-24(32)29(23(19)31)18-7-6-14(2)20(25)11-18/h5-12H,1-4H3,(H,27,30,32)/b19-10+. The second kappa shape index (κ2) is 8.33. The van der Waals surface area contributed by atoms with Gasteiger partial charge >= 0.3 is 0 Å². The predicted molar refractivity (Wildman–Crippen MR) is 130 cm³/mol. The number of hydrogen-bond acceptors (Lipinski definition) is 4. The van der Waals surface area contributed by atoms with E-state index in [4.69, 9.17) is 23.8 Å². The molecule has 3 heterocycles. The summed E-state index contributed by atoms with van der Waals surface area (Å²) in [4.78, 5) is 31.8. The molecule has 0 saturated carbocycles. The number of nitrogens with one attached hydrogen (secondary N) is 1. The Morgan fingerprint density at radius 1 is 1.06 bits per heavy atom. The van der Waals surface area contributed by atoms with E-state index in [9.17, 15) is 9.59 Å². The molecule has 0 unspecified atom stereocenters. The van der Waals surface area contributed by atoms with Gasteiger partial charge < -0.3 is 4.57 Å². The Kier molecular flexibility index (Phi) is 5.71. The molecule has 1 fully saturated rings. The number of aromatic nitrogens is 2. The molecular weight excluding hydrogens is 444 g/mol. The van der Waals surface area contributed by atoms with Crippen molar-refractivity contribution in [1.29, 1.82) is 0 Å². The summed E-state index contributed by atoms with van der Waals surface area (Å²) in [5.41, 5.74) is 4.98. The molecule has 1 N–H and O–H groups in total. The smallest absolute Gasteiger partial charge is 0.270 e. The van der Waals surface area contributed by atoms with Crippen LogP contribution < -0.4 is 10.2 Å². The van der Waals surface area contributed by atoms with Crippen LogP contribution in [0.5, 0.6) is 0 Å². The summed E-state index contributed by atoms with van der Waals surface area (Å²) in [6.45, 7) is 7.73. The van der Waals surface area contributed by atoms with Crippen LogP contribution in [-0.2, 0) is 9.59 Å². The average molecular weight is 465 g/mol. The van der Waals surface area contributed by atoms with Crippen LogP contribution in [-0.4, -0.2) is 26.5 Å². The van der Waals surface area contributed by atoms with Crippen molar-refractivity contribution < 1.29 is 9.59 Å². The van der Waals surface area contributed by atoms with Gasteiger partial charge in [0.2, 0.25) is 0 Å². The Morgan fingerprint density at radius 3 is 2.47 bits per heavy atom. The number of anilines is 1. The molecule has 1 aliphatic rings. The first-order chi connectivity index (χ1) is 15.2. The Hall–Kier alpha value is -3.29. The molecule has 0 aliphatic carbocycles. The molecule has 162 valence electrons. The molecular formula is C24H21ClN4O2S. The largest absolute Gasteiger partial charge is 0.303 e. The maximum absolute atomic E-state index is 13.3. The summed E-state index contributed by atoms with van der Waals surface area (Å²) in [5.74, 6) is -0.267. The van der Waals surface area contributed by atoms with E-state index in [2.05, 4.69) is 10.3 Å². The van der Waals surface area contributed by atoms with Crippen molar-refractivity contribution >= 4 is 52.5 Å². The van der Waals surface area contributed by atoms with Crippen molar-refractivity contribution in [3.63, 3.8) is 0 Å². The zero-order chi connectivity index (χ0) is 23.2. The van der Waals surface area contributed by atoms with Gasteiger partial charge in [0, 0.05) is 22.6 Å². The molecule has 2 amide bonds. The minimum absolute atomic E-state index is 0.00703. The third-order valence-corrected chi connectivity index (χ3v) is 6.10. The maximum Gasteiger partial charge on any atom is 0.270 e. The quantitative estimate of drug-likeness (QED) is 0.349. The van der Waals surface area contributed by atoms with Gasteiger partial charge in [0.25, 0.3) is 11.8 Å². The van der Waals surface area contributed by atoms with Gasteiger partial charge in [-0.25, -0.2) is 4.98 Å². The number of carbonyl (C=O) groups is 2. The van der Waals surface area contributed by atoms with E-state index in [-0.39, 0.29) is 10.7 Å². The van der Waals surface area contributed by atoms with Crippen LogP contribution in [0.25, 0.3) is 11.9 Å². The van der Waals surface area contributed by atoms with Gasteiger partial charge in [-0.3, -0.25) is 19.8 Å². The second-order valence-corrected chi connectivity index (χ2v) is 8.54. The van der Waals surface area contributed by atoms with E-state index in [0.717, 1.165) is 33.9 Å². The zero-order valence-corrected chi connectivity index (χ0v) is 19.6. The third kappa shape index (κ3) is 3.85. The van der Waals surface area contributed by atoms with Gasteiger partial charge in [0.05, 0.1) is 5.69 Å². The van der Waals surface area contributed by atoms with Crippen LogP contribution in [0.15, 0.2) is 48.2 Å².